The molecule has 5 N–H and O–H groups in total. The molecule has 0 aromatic rings. The number of aliphatic hydroxyl groups excluding tert-OH is 1. The highest BCUT2D eigenvalue weighted by molar-refractivity contribution is 14.1. The van der Waals surface area contributed by atoms with E-state index in [9.17, 15) is 0 Å². The third-order valence-electron chi connectivity index (χ3n) is 1.09. The first kappa shape index (κ1) is 8.56. The van der Waals surface area contributed by atoms with Gasteiger partial charge in [-0.05, 0) is 0 Å². The van der Waals surface area contributed by atoms with Crippen LogP contribution in [0.15, 0.2) is 17.1 Å². The number of aliphatic hydroxyl groups is 1. The molecule has 0 amide bonds. The fourth-order valence-electron chi connectivity index (χ4n) is 0.642. The molecule has 1 aliphatic rings. The van der Waals surface area contributed by atoms with Gasteiger partial charge in [0.2, 0.25) is 5.88 Å². The van der Waals surface area contributed by atoms with Crippen LogP contribution in [0.5, 0.6) is 0 Å². The van der Waals surface area contributed by atoms with Crippen molar-refractivity contribution in [3.8, 4) is 0 Å². The zero-order chi connectivity index (χ0) is 8.43. The van der Waals surface area contributed by atoms with Crippen LogP contribution in [0, 0.1) is 0 Å². The topological polar surface area (TPSA) is 91.1 Å². The molecular formula is C4H8IN5O. The maximum Gasteiger partial charge on any atom is 0.229 e. The third-order valence-corrected chi connectivity index (χ3v) is 1.71. The highest BCUT2D eigenvalue weighted by Crippen LogP contribution is 2.09. The van der Waals surface area contributed by atoms with Crippen molar-refractivity contribution in [2.75, 3.05) is 6.54 Å². The van der Waals surface area contributed by atoms with Crippen LogP contribution in [0.3, 0.4) is 0 Å². The van der Waals surface area contributed by atoms with Gasteiger partial charge in [0.15, 0.2) is 5.84 Å². The van der Waals surface area contributed by atoms with Crippen molar-refractivity contribution >= 4 is 28.7 Å². The second-order valence-corrected chi connectivity index (χ2v) is 3.22. The molecule has 0 aromatic heterocycles. The largest absolute Gasteiger partial charge is 0.492 e. The predicted molar refractivity (Wildman–Crippen MR) is 49.1 cm³/mol. The highest BCUT2D eigenvalue weighted by Gasteiger charge is 2.12. The average molecular weight is 269 g/mol. The number of nitrogens with zero attached hydrogens (tertiary/aromatic N) is 3. The van der Waals surface area contributed by atoms with E-state index in [0.29, 0.717) is 12.4 Å². The fraction of sp³-hybridized carbons (Fsp3) is 0.250. The number of hydrogen-bond donors (Lipinski definition) is 3. The van der Waals surface area contributed by atoms with E-state index in [4.69, 9.17) is 16.8 Å². The van der Waals surface area contributed by atoms with Gasteiger partial charge in [0.25, 0.3) is 0 Å². The smallest absolute Gasteiger partial charge is 0.229 e. The van der Waals surface area contributed by atoms with Crippen molar-refractivity contribution in [1.29, 1.82) is 0 Å². The predicted octanol–water partition coefficient (Wildman–Crippen LogP) is -0.543. The first-order valence-electron chi connectivity index (χ1n) is 2.80. The normalized spacial score (nSPS) is 17.5. The summed E-state index contributed by atoms with van der Waals surface area (Å²) in [6.07, 6.45) is 1.48. The van der Waals surface area contributed by atoms with Crippen LogP contribution in [-0.4, -0.2) is 25.7 Å². The van der Waals surface area contributed by atoms with Gasteiger partial charge >= 0.3 is 0 Å². The van der Waals surface area contributed by atoms with Gasteiger partial charge in [-0.3, -0.25) is 0 Å². The monoisotopic (exact) mass is 269 g/mol. The molecule has 0 saturated heterocycles. The number of halogens is 1. The Morgan fingerprint density at radius 3 is 2.82 bits per heavy atom. The number of hydrazine groups is 2. The molecule has 1 heterocycles. The Labute approximate surface area is 77.6 Å². The second-order valence-electron chi connectivity index (χ2n) is 1.98. The summed E-state index contributed by atoms with van der Waals surface area (Å²) >= 11 is 2.00. The van der Waals surface area contributed by atoms with Crippen LogP contribution in [0.25, 0.3) is 0 Å². The van der Waals surface area contributed by atoms with Gasteiger partial charge in [0.05, 0.1) is 35.6 Å². The fourth-order valence-corrected chi connectivity index (χ4v) is 1.20. The summed E-state index contributed by atoms with van der Waals surface area (Å²) in [5, 5.41) is 9.87. The summed E-state index contributed by atoms with van der Waals surface area (Å²) in [5.74, 6) is 10.7. The lowest BCUT2D eigenvalue weighted by Gasteiger charge is -2.21. The molecule has 0 atom stereocenters. The number of aliphatic imine (C=N–C) groups is 1. The average Bonchev–Trinajstić information content (AvgIpc) is 1.85. The summed E-state index contributed by atoms with van der Waals surface area (Å²) in [6, 6.07) is 0. The van der Waals surface area contributed by atoms with Crippen LogP contribution in [0.4, 0.5) is 0 Å². The Morgan fingerprint density at radius 1 is 1.73 bits per heavy atom. The van der Waals surface area contributed by atoms with E-state index in [1.165, 1.54) is 6.20 Å². The summed E-state index contributed by atoms with van der Waals surface area (Å²) in [7, 11) is 0. The third kappa shape index (κ3) is 2.20. The van der Waals surface area contributed by atoms with Crippen molar-refractivity contribution in [3.63, 3.8) is 0 Å². The molecule has 62 valence electrons. The Balaban J connectivity index is 2.76. The Hall–Kier alpha value is -0.540. The van der Waals surface area contributed by atoms with E-state index in [0.717, 1.165) is 5.12 Å². The first-order valence-corrected chi connectivity index (χ1v) is 3.76. The molecule has 0 unspecified atom stereocenters. The SMILES string of the molecule is NN(N)C1=NC(O)=CN(I)C1. The van der Waals surface area contributed by atoms with E-state index in [2.05, 4.69) is 4.99 Å². The van der Waals surface area contributed by atoms with Gasteiger partial charge in [-0.1, -0.05) is 0 Å². The quantitative estimate of drug-likeness (QED) is 0.238. The van der Waals surface area contributed by atoms with Crippen molar-refractivity contribution < 1.29 is 5.11 Å². The molecule has 0 radical (unpaired) electrons. The summed E-state index contributed by atoms with van der Waals surface area (Å²) in [6.45, 7) is 0.484. The number of amidine groups is 1. The lowest BCUT2D eigenvalue weighted by Crippen LogP contribution is -2.47. The standard InChI is InChI=1S/C4H8IN5O/c5-9-1-3(10(6)7)8-4(11)2-9/h2,11H,1,6-7H2. The second kappa shape index (κ2) is 3.24. The van der Waals surface area contributed by atoms with Gasteiger partial charge in [-0.15, -0.1) is 0 Å². The Kier molecular flexibility index (Phi) is 2.52. The van der Waals surface area contributed by atoms with Crippen LogP contribution in [0.2, 0.25) is 0 Å². The van der Waals surface area contributed by atoms with E-state index in [1.54, 1.807) is 3.11 Å². The molecule has 0 fully saturated rings. The molecule has 0 bridgehead atoms. The van der Waals surface area contributed by atoms with Gasteiger partial charge in [0, 0.05) is 0 Å². The minimum atomic E-state index is -0.0958. The Morgan fingerprint density at radius 2 is 2.36 bits per heavy atom. The lowest BCUT2D eigenvalue weighted by molar-refractivity contribution is 0.374. The maximum atomic E-state index is 8.99. The first-order chi connectivity index (χ1) is 5.09. The summed E-state index contributed by atoms with van der Waals surface area (Å²) < 4.78 is 1.70. The van der Waals surface area contributed by atoms with Crippen molar-refractivity contribution in [2.45, 2.75) is 0 Å². The van der Waals surface area contributed by atoms with E-state index in [-0.39, 0.29) is 5.88 Å². The van der Waals surface area contributed by atoms with Crippen molar-refractivity contribution in [3.05, 3.63) is 12.1 Å². The molecule has 7 heteroatoms. The highest BCUT2D eigenvalue weighted by atomic mass is 127. The molecule has 11 heavy (non-hydrogen) atoms. The molecule has 1 rings (SSSR count). The summed E-state index contributed by atoms with van der Waals surface area (Å²) in [5.41, 5.74) is 0. The maximum absolute atomic E-state index is 8.99. The summed E-state index contributed by atoms with van der Waals surface area (Å²) in [4.78, 5) is 3.69. The number of nitrogens with two attached hydrogens (primary N) is 2. The van der Waals surface area contributed by atoms with E-state index >= 15 is 0 Å². The molecule has 0 saturated carbocycles. The van der Waals surface area contributed by atoms with E-state index < -0.39 is 0 Å². The molecule has 0 spiro atoms. The Bertz CT molecular complexity index is 213. The number of rotatable bonds is 0. The van der Waals surface area contributed by atoms with Crippen molar-refractivity contribution in [2.24, 2.45) is 16.7 Å². The van der Waals surface area contributed by atoms with Gasteiger partial charge in [0.1, 0.15) is 0 Å². The molecular weight excluding hydrogens is 261 g/mol. The minimum absolute atomic E-state index is 0.0958. The zero-order valence-corrected chi connectivity index (χ0v) is 7.76. The van der Waals surface area contributed by atoms with Gasteiger partial charge in [-0.2, -0.15) is 4.99 Å². The zero-order valence-electron chi connectivity index (χ0n) is 5.61. The van der Waals surface area contributed by atoms with Crippen molar-refractivity contribution in [1.82, 2.24) is 8.23 Å². The van der Waals surface area contributed by atoms with Crippen LogP contribution < -0.4 is 11.7 Å². The van der Waals surface area contributed by atoms with Gasteiger partial charge in [-0.25, -0.2) is 16.8 Å². The lowest BCUT2D eigenvalue weighted by atomic mass is 10.5. The van der Waals surface area contributed by atoms with Crippen LogP contribution >= 0.6 is 22.9 Å². The van der Waals surface area contributed by atoms with Gasteiger partial charge < -0.3 is 8.22 Å². The van der Waals surface area contributed by atoms with E-state index in [1.807, 2.05) is 22.9 Å². The molecule has 6 nitrogen and oxygen atoms in total. The molecule has 1 aliphatic heterocycles. The minimum Gasteiger partial charge on any atom is -0.492 e. The molecule has 0 aromatic carbocycles. The molecule has 0 aliphatic carbocycles. The number of hydrogen-bond acceptors (Lipinski definition) is 6. The van der Waals surface area contributed by atoms with Crippen LogP contribution in [-0.2, 0) is 0 Å². The van der Waals surface area contributed by atoms with Crippen LogP contribution in [0.1, 0.15) is 0 Å².